The minimum absolute atomic E-state index is 0.0495. The first-order chi connectivity index (χ1) is 9.74. The van der Waals surface area contributed by atoms with Crippen molar-refractivity contribution >= 4 is 5.69 Å². The van der Waals surface area contributed by atoms with E-state index in [2.05, 4.69) is 24.3 Å². The Morgan fingerprint density at radius 2 is 1.95 bits per heavy atom. The molecule has 0 spiro atoms. The fourth-order valence-corrected chi connectivity index (χ4v) is 2.17. The number of anilines is 1. The van der Waals surface area contributed by atoms with E-state index in [1.165, 1.54) is 0 Å². The Morgan fingerprint density at radius 1 is 1.15 bits per heavy atom. The van der Waals surface area contributed by atoms with Crippen LogP contribution < -0.4 is 10.9 Å². The molecule has 0 unspecified atom stereocenters. The molecule has 1 N–H and O–H groups in total. The van der Waals surface area contributed by atoms with E-state index in [4.69, 9.17) is 0 Å². The molecule has 0 bridgehead atoms. The molecule has 2 aromatic heterocycles. The smallest absolute Gasteiger partial charge is 0.250 e. The Kier molecular flexibility index (Phi) is 4.98. The maximum absolute atomic E-state index is 11.7. The third kappa shape index (κ3) is 3.50. The standard InChI is InChI=1S/C15H22N4O/c1-3-9-18-12-13(5-6-15(18)20)16-11-14-7-8-17-19(14)10-4-2/h5-8,12,16H,3-4,9-11H2,1-2H3. The summed E-state index contributed by atoms with van der Waals surface area (Å²) in [5.41, 5.74) is 2.16. The van der Waals surface area contributed by atoms with Crippen molar-refractivity contribution in [1.82, 2.24) is 14.3 Å². The van der Waals surface area contributed by atoms with Crippen LogP contribution in [0.25, 0.3) is 0 Å². The average molecular weight is 274 g/mol. The van der Waals surface area contributed by atoms with Gasteiger partial charge in [0.25, 0.3) is 5.56 Å². The molecule has 0 aliphatic carbocycles. The van der Waals surface area contributed by atoms with Crippen molar-refractivity contribution in [2.45, 2.75) is 46.3 Å². The molecule has 20 heavy (non-hydrogen) atoms. The van der Waals surface area contributed by atoms with Gasteiger partial charge < -0.3 is 9.88 Å². The van der Waals surface area contributed by atoms with E-state index in [1.54, 1.807) is 10.6 Å². The van der Waals surface area contributed by atoms with Crippen LogP contribution in [0.2, 0.25) is 0 Å². The molecule has 0 fully saturated rings. The zero-order valence-electron chi connectivity index (χ0n) is 12.2. The van der Waals surface area contributed by atoms with E-state index >= 15 is 0 Å². The van der Waals surface area contributed by atoms with Crippen LogP contribution in [0, 0.1) is 0 Å². The van der Waals surface area contributed by atoms with Crippen molar-refractivity contribution in [3.8, 4) is 0 Å². The Hall–Kier alpha value is -2.04. The number of aryl methyl sites for hydroxylation is 2. The van der Waals surface area contributed by atoms with Gasteiger partial charge in [-0.25, -0.2) is 0 Å². The van der Waals surface area contributed by atoms with Crippen LogP contribution in [0.15, 0.2) is 35.4 Å². The number of pyridine rings is 1. The molecule has 2 rings (SSSR count). The van der Waals surface area contributed by atoms with Gasteiger partial charge >= 0.3 is 0 Å². The topological polar surface area (TPSA) is 51.9 Å². The largest absolute Gasteiger partial charge is 0.378 e. The summed E-state index contributed by atoms with van der Waals surface area (Å²) in [6.45, 7) is 6.60. The molecule has 0 saturated heterocycles. The summed E-state index contributed by atoms with van der Waals surface area (Å²) in [5.74, 6) is 0. The Bertz CT molecular complexity index is 600. The third-order valence-corrected chi connectivity index (χ3v) is 3.16. The van der Waals surface area contributed by atoms with Crippen LogP contribution in [0.4, 0.5) is 5.69 Å². The molecule has 0 aliphatic rings. The molecule has 0 radical (unpaired) electrons. The van der Waals surface area contributed by atoms with Crippen molar-refractivity contribution in [3.05, 3.63) is 46.6 Å². The molecule has 0 aliphatic heterocycles. The third-order valence-electron chi connectivity index (χ3n) is 3.16. The molecule has 2 heterocycles. The summed E-state index contributed by atoms with van der Waals surface area (Å²) in [6, 6.07) is 5.46. The highest BCUT2D eigenvalue weighted by Gasteiger charge is 2.02. The quantitative estimate of drug-likeness (QED) is 0.844. The van der Waals surface area contributed by atoms with Gasteiger partial charge in [-0.15, -0.1) is 0 Å². The van der Waals surface area contributed by atoms with E-state index in [1.807, 2.05) is 29.2 Å². The minimum Gasteiger partial charge on any atom is -0.378 e. The second kappa shape index (κ2) is 6.93. The second-order valence-electron chi connectivity index (χ2n) is 4.85. The van der Waals surface area contributed by atoms with Crippen LogP contribution in [0.1, 0.15) is 32.4 Å². The molecule has 0 amide bonds. The van der Waals surface area contributed by atoms with Gasteiger partial charge in [-0.05, 0) is 25.0 Å². The van der Waals surface area contributed by atoms with E-state index in [-0.39, 0.29) is 5.56 Å². The maximum atomic E-state index is 11.7. The van der Waals surface area contributed by atoms with Gasteiger partial charge in [0.1, 0.15) is 0 Å². The molecular weight excluding hydrogens is 252 g/mol. The van der Waals surface area contributed by atoms with Gasteiger partial charge in [0, 0.05) is 31.5 Å². The molecule has 0 atom stereocenters. The Labute approximate surface area is 119 Å². The number of aromatic nitrogens is 3. The fourth-order valence-electron chi connectivity index (χ4n) is 2.17. The first kappa shape index (κ1) is 14.4. The van der Waals surface area contributed by atoms with Crippen LogP contribution in [0.5, 0.6) is 0 Å². The number of rotatable bonds is 7. The highest BCUT2D eigenvalue weighted by molar-refractivity contribution is 5.40. The van der Waals surface area contributed by atoms with Crippen molar-refractivity contribution < 1.29 is 0 Å². The molecule has 0 saturated carbocycles. The van der Waals surface area contributed by atoms with Gasteiger partial charge in [0.15, 0.2) is 0 Å². The fraction of sp³-hybridized carbons (Fsp3) is 0.467. The lowest BCUT2D eigenvalue weighted by Gasteiger charge is -2.11. The normalized spacial score (nSPS) is 10.7. The number of hydrogen-bond acceptors (Lipinski definition) is 3. The zero-order valence-corrected chi connectivity index (χ0v) is 12.2. The predicted octanol–water partition coefficient (Wildman–Crippen LogP) is 2.48. The first-order valence-electron chi connectivity index (χ1n) is 7.19. The summed E-state index contributed by atoms with van der Waals surface area (Å²) in [6.07, 6.45) is 5.72. The lowest BCUT2D eigenvalue weighted by Crippen LogP contribution is -2.19. The van der Waals surface area contributed by atoms with Crippen molar-refractivity contribution in [2.75, 3.05) is 5.32 Å². The summed E-state index contributed by atoms with van der Waals surface area (Å²) < 4.78 is 3.75. The zero-order chi connectivity index (χ0) is 14.4. The Morgan fingerprint density at radius 3 is 2.70 bits per heavy atom. The van der Waals surface area contributed by atoms with Crippen LogP contribution >= 0.6 is 0 Å². The summed E-state index contributed by atoms with van der Waals surface area (Å²) in [7, 11) is 0. The van der Waals surface area contributed by atoms with Crippen LogP contribution in [-0.2, 0) is 19.6 Å². The van der Waals surface area contributed by atoms with Crippen LogP contribution in [-0.4, -0.2) is 14.3 Å². The highest BCUT2D eigenvalue weighted by atomic mass is 16.1. The van der Waals surface area contributed by atoms with Gasteiger partial charge in [-0.1, -0.05) is 13.8 Å². The molecule has 2 aromatic rings. The predicted molar refractivity (Wildman–Crippen MR) is 80.8 cm³/mol. The van der Waals surface area contributed by atoms with E-state index in [0.29, 0.717) is 6.54 Å². The Balaban J connectivity index is 2.05. The molecule has 5 heteroatoms. The average Bonchev–Trinajstić information content (AvgIpc) is 2.88. The molecule has 0 aromatic carbocycles. The van der Waals surface area contributed by atoms with E-state index in [0.717, 1.165) is 37.3 Å². The van der Waals surface area contributed by atoms with Gasteiger partial charge in [-0.3, -0.25) is 9.48 Å². The summed E-state index contributed by atoms with van der Waals surface area (Å²) in [4.78, 5) is 11.7. The van der Waals surface area contributed by atoms with Crippen LogP contribution in [0.3, 0.4) is 0 Å². The number of nitrogens with zero attached hydrogens (tertiary/aromatic N) is 3. The van der Waals surface area contributed by atoms with Gasteiger partial charge in [0.2, 0.25) is 0 Å². The molecule has 5 nitrogen and oxygen atoms in total. The number of nitrogens with one attached hydrogen (secondary N) is 1. The second-order valence-corrected chi connectivity index (χ2v) is 4.85. The van der Waals surface area contributed by atoms with Crippen molar-refractivity contribution in [2.24, 2.45) is 0 Å². The number of hydrogen-bond donors (Lipinski definition) is 1. The molecule has 108 valence electrons. The van der Waals surface area contributed by atoms with Gasteiger partial charge in [-0.2, -0.15) is 5.10 Å². The van der Waals surface area contributed by atoms with Crippen molar-refractivity contribution in [1.29, 1.82) is 0 Å². The maximum Gasteiger partial charge on any atom is 0.250 e. The lowest BCUT2D eigenvalue weighted by atomic mass is 10.3. The van der Waals surface area contributed by atoms with E-state index in [9.17, 15) is 4.79 Å². The van der Waals surface area contributed by atoms with E-state index < -0.39 is 0 Å². The summed E-state index contributed by atoms with van der Waals surface area (Å²) in [5, 5.41) is 7.65. The minimum atomic E-state index is 0.0495. The summed E-state index contributed by atoms with van der Waals surface area (Å²) >= 11 is 0. The highest BCUT2D eigenvalue weighted by Crippen LogP contribution is 2.08. The lowest BCUT2D eigenvalue weighted by molar-refractivity contribution is 0.578. The van der Waals surface area contributed by atoms with Crippen molar-refractivity contribution in [3.63, 3.8) is 0 Å². The monoisotopic (exact) mass is 274 g/mol. The first-order valence-corrected chi connectivity index (χ1v) is 7.19. The SMILES string of the molecule is CCCn1nccc1CNc1ccc(=O)n(CCC)c1. The van der Waals surface area contributed by atoms with Gasteiger partial charge in [0.05, 0.1) is 17.9 Å². The molecular formula is C15H22N4O.